The molecule has 6 heteroatoms. The molecule has 3 aromatic rings. The van der Waals surface area contributed by atoms with Gasteiger partial charge in [0, 0.05) is 36.6 Å². The molecule has 158 valence electrons. The summed E-state index contributed by atoms with van der Waals surface area (Å²) in [7, 11) is 1.82. The normalized spacial score (nSPS) is 18.8. The number of furan rings is 1. The van der Waals surface area contributed by atoms with E-state index in [-0.39, 0.29) is 23.8 Å². The Morgan fingerprint density at radius 1 is 1.20 bits per heavy atom. The first-order valence-corrected chi connectivity index (χ1v) is 10.4. The van der Waals surface area contributed by atoms with Crippen molar-refractivity contribution < 1.29 is 13.6 Å². The Hall–Kier alpha value is -2.70. The summed E-state index contributed by atoms with van der Waals surface area (Å²) in [6.07, 6.45) is 2.69. The molecule has 4 rings (SSSR count). The van der Waals surface area contributed by atoms with Gasteiger partial charge in [-0.2, -0.15) is 0 Å². The Balaban J connectivity index is 1.31. The molecule has 1 aliphatic rings. The zero-order chi connectivity index (χ0) is 21.3. The molecule has 2 aromatic carbocycles. The van der Waals surface area contributed by atoms with E-state index in [1.165, 1.54) is 6.07 Å². The van der Waals surface area contributed by atoms with Crippen LogP contribution in [0.3, 0.4) is 0 Å². The van der Waals surface area contributed by atoms with Crippen LogP contribution in [0.2, 0.25) is 0 Å². The number of hydrogen-bond donors (Lipinski definition) is 2. The standard InChI is InChI=1S/C24H28FN3O2/c1-15-7-4-11-20-16(2)23(30-22(15)20)24(29)28(3)12-6-10-19-14-21(27-26-19)17-8-5-9-18(25)13-17/h4-5,7-9,11,13,19,21,26-27H,6,10,12,14H2,1-3H3. The van der Waals surface area contributed by atoms with Gasteiger partial charge in [-0.3, -0.25) is 15.6 Å². The van der Waals surface area contributed by atoms with Gasteiger partial charge >= 0.3 is 0 Å². The maximum Gasteiger partial charge on any atom is 0.289 e. The molecule has 1 saturated heterocycles. The van der Waals surface area contributed by atoms with Gasteiger partial charge in [0.2, 0.25) is 0 Å². The molecule has 2 heterocycles. The zero-order valence-corrected chi connectivity index (χ0v) is 17.7. The average Bonchev–Trinajstić information content (AvgIpc) is 3.33. The smallest absolute Gasteiger partial charge is 0.289 e. The monoisotopic (exact) mass is 409 g/mol. The number of carbonyl (C=O) groups is 1. The maximum atomic E-state index is 13.4. The van der Waals surface area contributed by atoms with Crippen LogP contribution in [-0.2, 0) is 0 Å². The molecule has 0 bridgehead atoms. The minimum absolute atomic E-state index is 0.0850. The van der Waals surface area contributed by atoms with E-state index in [1.807, 2.05) is 45.2 Å². The van der Waals surface area contributed by atoms with E-state index in [0.717, 1.165) is 46.9 Å². The summed E-state index contributed by atoms with van der Waals surface area (Å²) in [4.78, 5) is 14.6. The average molecular weight is 410 g/mol. The molecule has 1 aromatic heterocycles. The van der Waals surface area contributed by atoms with Crippen LogP contribution in [0.25, 0.3) is 11.0 Å². The van der Waals surface area contributed by atoms with E-state index in [2.05, 4.69) is 10.9 Å². The van der Waals surface area contributed by atoms with Crippen molar-refractivity contribution in [3.05, 3.63) is 70.7 Å². The highest BCUT2D eigenvalue weighted by molar-refractivity contribution is 5.99. The van der Waals surface area contributed by atoms with Crippen molar-refractivity contribution in [3.63, 3.8) is 0 Å². The lowest BCUT2D eigenvalue weighted by Crippen LogP contribution is -2.32. The predicted molar refractivity (Wildman–Crippen MR) is 116 cm³/mol. The van der Waals surface area contributed by atoms with Crippen LogP contribution in [0.5, 0.6) is 0 Å². The van der Waals surface area contributed by atoms with Crippen LogP contribution in [0.1, 0.15) is 52.5 Å². The van der Waals surface area contributed by atoms with E-state index in [1.54, 1.807) is 17.0 Å². The molecule has 0 spiro atoms. The predicted octanol–water partition coefficient (Wildman–Crippen LogP) is 4.65. The fourth-order valence-electron chi connectivity index (χ4n) is 4.19. The molecule has 2 unspecified atom stereocenters. The van der Waals surface area contributed by atoms with Gasteiger partial charge in [-0.1, -0.05) is 30.3 Å². The van der Waals surface area contributed by atoms with E-state index in [4.69, 9.17) is 4.42 Å². The molecule has 30 heavy (non-hydrogen) atoms. The van der Waals surface area contributed by atoms with Gasteiger partial charge in [0.1, 0.15) is 11.4 Å². The summed E-state index contributed by atoms with van der Waals surface area (Å²) in [5.74, 6) is 0.126. The summed E-state index contributed by atoms with van der Waals surface area (Å²) in [5, 5.41) is 0.997. The van der Waals surface area contributed by atoms with Gasteiger partial charge in [-0.25, -0.2) is 4.39 Å². The number of benzene rings is 2. The van der Waals surface area contributed by atoms with Gasteiger partial charge in [0.15, 0.2) is 5.76 Å². The van der Waals surface area contributed by atoms with Crippen LogP contribution >= 0.6 is 0 Å². The Morgan fingerprint density at radius 2 is 2.00 bits per heavy atom. The second-order valence-electron chi connectivity index (χ2n) is 8.21. The van der Waals surface area contributed by atoms with Gasteiger partial charge in [-0.15, -0.1) is 0 Å². The molecule has 0 aliphatic carbocycles. The summed E-state index contributed by atoms with van der Waals surface area (Å²) in [5.41, 5.74) is 10.2. The highest BCUT2D eigenvalue weighted by Crippen LogP contribution is 2.29. The number of hydrogen-bond acceptors (Lipinski definition) is 4. The Morgan fingerprint density at radius 3 is 2.77 bits per heavy atom. The van der Waals surface area contributed by atoms with Gasteiger partial charge in [-0.05, 0) is 56.4 Å². The van der Waals surface area contributed by atoms with Crippen LogP contribution in [0.15, 0.2) is 46.9 Å². The number of nitrogens with one attached hydrogen (secondary N) is 2. The number of para-hydroxylation sites is 1. The van der Waals surface area contributed by atoms with E-state index in [9.17, 15) is 9.18 Å². The molecule has 2 N–H and O–H groups in total. The fraction of sp³-hybridized carbons (Fsp3) is 0.375. The third kappa shape index (κ3) is 4.11. The Labute approximate surface area is 176 Å². The van der Waals surface area contributed by atoms with Gasteiger partial charge in [0.25, 0.3) is 5.91 Å². The van der Waals surface area contributed by atoms with Crippen LogP contribution in [0, 0.1) is 19.7 Å². The number of amides is 1. The lowest BCUT2D eigenvalue weighted by Gasteiger charge is -2.17. The van der Waals surface area contributed by atoms with Crippen molar-refractivity contribution in [2.24, 2.45) is 0 Å². The van der Waals surface area contributed by atoms with Crippen LogP contribution < -0.4 is 10.9 Å². The molecular formula is C24H28FN3O2. The van der Waals surface area contributed by atoms with Crippen LogP contribution in [-0.4, -0.2) is 30.4 Å². The van der Waals surface area contributed by atoms with E-state index >= 15 is 0 Å². The number of rotatable bonds is 6. The maximum absolute atomic E-state index is 13.4. The number of nitrogens with zero attached hydrogens (tertiary/aromatic N) is 1. The molecular weight excluding hydrogens is 381 g/mol. The third-order valence-electron chi connectivity index (χ3n) is 5.98. The summed E-state index contributed by atoms with van der Waals surface area (Å²) in [6, 6.07) is 13.1. The topological polar surface area (TPSA) is 57.5 Å². The highest BCUT2D eigenvalue weighted by atomic mass is 19.1. The number of aryl methyl sites for hydroxylation is 2. The van der Waals surface area contributed by atoms with Crippen molar-refractivity contribution in [1.82, 2.24) is 15.8 Å². The molecule has 0 radical (unpaired) electrons. The van der Waals surface area contributed by atoms with Crippen LogP contribution in [0.4, 0.5) is 4.39 Å². The first-order chi connectivity index (χ1) is 14.4. The van der Waals surface area contributed by atoms with Gasteiger partial charge < -0.3 is 9.32 Å². The molecule has 1 fully saturated rings. The Bertz CT molecular complexity index is 1060. The summed E-state index contributed by atoms with van der Waals surface area (Å²) in [6.45, 7) is 4.58. The van der Waals surface area contributed by atoms with E-state index < -0.39 is 0 Å². The number of halogens is 1. The Kier molecular flexibility index (Phi) is 5.88. The second kappa shape index (κ2) is 8.58. The largest absolute Gasteiger partial charge is 0.450 e. The van der Waals surface area contributed by atoms with Crippen molar-refractivity contribution in [2.45, 2.75) is 45.2 Å². The molecule has 2 atom stereocenters. The summed E-state index contributed by atoms with van der Waals surface area (Å²) < 4.78 is 19.4. The molecule has 0 saturated carbocycles. The second-order valence-corrected chi connectivity index (χ2v) is 8.21. The lowest BCUT2D eigenvalue weighted by atomic mass is 9.99. The van der Waals surface area contributed by atoms with E-state index in [0.29, 0.717) is 12.3 Å². The minimum Gasteiger partial charge on any atom is -0.450 e. The van der Waals surface area contributed by atoms with Crippen molar-refractivity contribution in [3.8, 4) is 0 Å². The number of fused-ring (bicyclic) bond motifs is 1. The minimum atomic E-state index is -0.214. The quantitative estimate of drug-likeness (QED) is 0.622. The zero-order valence-electron chi connectivity index (χ0n) is 17.7. The number of hydrazine groups is 1. The molecule has 1 amide bonds. The van der Waals surface area contributed by atoms with Crippen molar-refractivity contribution in [1.29, 1.82) is 0 Å². The first-order valence-electron chi connectivity index (χ1n) is 10.4. The molecule has 1 aliphatic heterocycles. The van der Waals surface area contributed by atoms with Crippen molar-refractivity contribution >= 4 is 16.9 Å². The van der Waals surface area contributed by atoms with Crippen molar-refractivity contribution in [2.75, 3.05) is 13.6 Å². The number of carbonyl (C=O) groups excluding carboxylic acids is 1. The SMILES string of the molecule is Cc1c(C(=O)N(C)CCCC2CC(c3cccc(F)c3)NN2)oc2c(C)cccc12. The summed E-state index contributed by atoms with van der Waals surface area (Å²) >= 11 is 0. The highest BCUT2D eigenvalue weighted by Gasteiger charge is 2.26. The fourth-order valence-corrected chi connectivity index (χ4v) is 4.19. The van der Waals surface area contributed by atoms with Gasteiger partial charge in [0.05, 0.1) is 0 Å². The lowest BCUT2D eigenvalue weighted by molar-refractivity contribution is 0.0761. The first kappa shape index (κ1) is 20.6. The molecule has 5 nitrogen and oxygen atoms in total. The third-order valence-corrected chi connectivity index (χ3v) is 5.98.